The van der Waals surface area contributed by atoms with Crippen molar-refractivity contribution in [3.05, 3.63) is 71.4 Å². The number of benzene rings is 2. The van der Waals surface area contributed by atoms with Crippen molar-refractivity contribution in [2.24, 2.45) is 0 Å². The standard InChI is InChI=1S/C27H27NO7S/c1-5-6-26(31)36-16-25(30)35-15-17-7-9-21-20(11-17)18(14-28-21)8-10-22(29)19-12-23(32-2)27(34-4)24(13-19)33-3/h5-14,28H,15-16H2,1-4H3. The number of hydrogen-bond acceptors (Lipinski definition) is 8. The van der Waals surface area contributed by atoms with Crippen LogP contribution in [0, 0.1) is 0 Å². The first-order valence-electron chi connectivity index (χ1n) is 11.0. The summed E-state index contributed by atoms with van der Waals surface area (Å²) in [5.41, 5.74) is 2.84. The van der Waals surface area contributed by atoms with E-state index in [0.717, 1.165) is 33.8 Å². The molecule has 0 saturated carbocycles. The molecule has 188 valence electrons. The van der Waals surface area contributed by atoms with Gasteiger partial charge in [-0.3, -0.25) is 14.4 Å². The van der Waals surface area contributed by atoms with Gasteiger partial charge in [0.15, 0.2) is 17.3 Å². The molecule has 3 rings (SSSR count). The number of carbonyl (C=O) groups excluding carboxylic acids is 3. The number of esters is 1. The molecular formula is C27H27NO7S. The van der Waals surface area contributed by atoms with E-state index in [1.807, 2.05) is 18.2 Å². The zero-order valence-electron chi connectivity index (χ0n) is 20.5. The molecule has 0 radical (unpaired) electrons. The second kappa shape index (κ2) is 12.6. The van der Waals surface area contributed by atoms with Crippen LogP contribution in [-0.2, 0) is 20.9 Å². The summed E-state index contributed by atoms with van der Waals surface area (Å²) < 4.78 is 21.2. The molecule has 0 spiro atoms. The van der Waals surface area contributed by atoms with Crippen molar-refractivity contribution in [3.8, 4) is 17.2 Å². The zero-order chi connectivity index (χ0) is 26.1. The smallest absolute Gasteiger partial charge is 0.316 e. The molecule has 1 N–H and O–H groups in total. The molecule has 0 aliphatic heterocycles. The maximum Gasteiger partial charge on any atom is 0.316 e. The maximum atomic E-state index is 12.9. The van der Waals surface area contributed by atoms with E-state index in [1.54, 1.807) is 37.4 Å². The second-order valence-corrected chi connectivity index (χ2v) is 8.48. The number of aromatic nitrogens is 1. The average molecular weight is 510 g/mol. The van der Waals surface area contributed by atoms with E-state index in [1.165, 1.54) is 33.5 Å². The largest absolute Gasteiger partial charge is 0.493 e. The number of H-pyrrole nitrogens is 1. The Balaban J connectivity index is 1.73. The van der Waals surface area contributed by atoms with Crippen molar-refractivity contribution in [2.75, 3.05) is 27.1 Å². The summed E-state index contributed by atoms with van der Waals surface area (Å²) in [4.78, 5) is 39.5. The molecule has 0 atom stereocenters. The minimum Gasteiger partial charge on any atom is -0.493 e. The van der Waals surface area contributed by atoms with Gasteiger partial charge in [-0.05, 0) is 60.5 Å². The van der Waals surface area contributed by atoms with Crippen LogP contribution >= 0.6 is 11.8 Å². The Morgan fingerprint density at radius 3 is 2.33 bits per heavy atom. The van der Waals surface area contributed by atoms with Gasteiger partial charge in [-0.25, -0.2) is 0 Å². The van der Waals surface area contributed by atoms with E-state index in [2.05, 4.69) is 4.98 Å². The number of allylic oxidation sites excluding steroid dienone is 2. The van der Waals surface area contributed by atoms with Gasteiger partial charge in [0.1, 0.15) is 6.61 Å². The van der Waals surface area contributed by atoms with Gasteiger partial charge < -0.3 is 23.9 Å². The molecule has 1 aromatic heterocycles. The second-order valence-electron chi connectivity index (χ2n) is 7.50. The molecule has 0 bridgehead atoms. The Labute approximate surface area is 213 Å². The van der Waals surface area contributed by atoms with E-state index in [-0.39, 0.29) is 23.3 Å². The summed E-state index contributed by atoms with van der Waals surface area (Å²) >= 11 is 0.896. The van der Waals surface area contributed by atoms with Crippen LogP contribution in [0.2, 0.25) is 0 Å². The highest BCUT2D eigenvalue weighted by atomic mass is 32.2. The van der Waals surface area contributed by atoms with Gasteiger partial charge in [0.05, 0.1) is 27.1 Å². The maximum absolute atomic E-state index is 12.9. The number of fused-ring (bicyclic) bond motifs is 1. The van der Waals surface area contributed by atoms with Crippen LogP contribution in [0.5, 0.6) is 17.2 Å². The molecule has 3 aromatic rings. The van der Waals surface area contributed by atoms with Crippen molar-refractivity contribution in [1.29, 1.82) is 0 Å². The van der Waals surface area contributed by atoms with Crippen molar-refractivity contribution >= 4 is 45.6 Å². The van der Waals surface area contributed by atoms with Crippen LogP contribution in [0.3, 0.4) is 0 Å². The number of ketones is 1. The van der Waals surface area contributed by atoms with Gasteiger partial charge in [0.25, 0.3) is 0 Å². The fraction of sp³-hybridized carbons (Fsp3) is 0.222. The molecule has 0 unspecified atom stereocenters. The number of aromatic amines is 1. The van der Waals surface area contributed by atoms with Crippen LogP contribution in [-0.4, -0.2) is 48.9 Å². The van der Waals surface area contributed by atoms with Crippen molar-refractivity contribution in [3.63, 3.8) is 0 Å². The van der Waals surface area contributed by atoms with Crippen molar-refractivity contribution in [2.45, 2.75) is 13.5 Å². The predicted molar refractivity (Wildman–Crippen MR) is 140 cm³/mol. The Hall–Kier alpha value is -3.98. The Bertz CT molecular complexity index is 1300. The van der Waals surface area contributed by atoms with Crippen molar-refractivity contribution in [1.82, 2.24) is 4.98 Å². The summed E-state index contributed by atoms with van der Waals surface area (Å²) in [6.45, 7) is 1.81. The molecular weight excluding hydrogens is 482 g/mol. The summed E-state index contributed by atoms with van der Waals surface area (Å²) in [5, 5.41) is 0.677. The number of thioether (sulfide) groups is 1. The Kier molecular flexibility index (Phi) is 9.35. The molecule has 0 aliphatic carbocycles. The predicted octanol–water partition coefficient (Wildman–Crippen LogP) is 4.97. The minimum absolute atomic E-state index is 0.0490. The SMILES string of the molecule is CC=CC(=O)SCC(=O)OCc1ccc2[nH]cc(C=CC(=O)c3cc(OC)c(OC)c(OC)c3)c2c1. The van der Waals surface area contributed by atoms with Crippen molar-refractivity contribution < 1.29 is 33.3 Å². The van der Waals surface area contributed by atoms with E-state index in [4.69, 9.17) is 18.9 Å². The first kappa shape index (κ1) is 26.6. The van der Waals surface area contributed by atoms with Crippen LogP contribution in [0.1, 0.15) is 28.4 Å². The quantitative estimate of drug-likeness (QED) is 0.220. The first-order valence-corrected chi connectivity index (χ1v) is 12.0. The highest BCUT2D eigenvalue weighted by Crippen LogP contribution is 2.38. The van der Waals surface area contributed by atoms with Gasteiger partial charge >= 0.3 is 5.97 Å². The Morgan fingerprint density at radius 1 is 0.972 bits per heavy atom. The number of methoxy groups -OCH3 is 3. The molecule has 36 heavy (non-hydrogen) atoms. The van der Waals surface area contributed by atoms with Crippen LogP contribution < -0.4 is 14.2 Å². The monoisotopic (exact) mass is 509 g/mol. The topological polar surface area (TPSA) is 104 Å². The van der Waals surface area contributed by atoms with E-state index in [9.17, 15) is 14.4 Å². The molecule has 0 aliphatic rings. The third-order valence-corrected chi connectivity index (χ3v) is 5.98. The lowest BCUT2D eigenvalue weighted by Gasteiger charge is -2.13. The van der Waals surface area contributed by atoms with E-state index >= 15 is 0 Å². The van der Waals surface area contributed by atoms with E-state index < -0.39 is 5.97 Å². The number of carbonyl (C=O) groups is 3. The lowest BCUT2D eigenvalue weighted by atomic mass is 10.1. The third kappa shape index (κ3) is 6.57. The normalized spacial score (nSPS) is 11.2. The van der Waals surface area contributed by atoms with E-state index in [0.29, 0.717) is 22.8 Å². The molecule has 0 saturated heterocycles. The minimum atomic E-state index is -0.469. The van der Waals surface area contributed by atoms with Crippen LogP contribution in [0.15, 0.2) is 54.8 Å². The molecule has 0 fully saturated rings. The summed E-state index contributed by atoms with van der Waals surface area (Å²) in [5.74, 6) is 0.441. The van der Waals surface area contributed by atoms with Crippen LogP contribution in [0.25, 0.3) is 17.0 Å². The Morgan fingerprint density at radius 2 is 1.69 bits per heavy atom. The molecule has 1 heterocycles. The molecule has 2 aromatic carbocycles. The van der Waals surface area contributed by atoms with Gasteiger partial charge in [-0.1, -0.05) is 23.9 Å². The summed E-state index contributed by atoms with van der Waals surface area (Å²) in [7, 11) is 4.48. The molecule has 8 nitrogen and oxygen atoms in total. The fourth-order valence-corrected chi connectivity index (χ4v) is 4.00. The number of hydrogen-bond donors (Lipinski definition) is 1. The highest BCUT2D eigenvalue weighted by molar-refractivity contribution is 8.14. The average Bonchev–Trinajstić information content (AvgIpc) is 3.30. The van der Waals surface area contributed by atoms with Gasteiger partial charge in [-0.2, -0.15) is 0 Å². The highest BCUT2D eigenvalue weighted by Gasteiger charge is 2.16. The molecule has 0 amide bonds. The first-order chi connectivity index (χ1) is 17.4. The van der Waals surface area contributed by atoms with Gasteiger partial charge in [0, 0.05) is 22.7 Å². The number of nitrogens with one attached hydrogen (secondary N) is 1. The lowest BCUT2D eigenvalue weighted by molar-refractivity contribution is -0.141. The molecule has 9 heteroatoms. The summed E-state index contributed by atoms with van der Waals surface area (Å²) in [6, 6.07) is 8.81. The fourth-order valence-electron chi connectivity index (χ4n) is 3.42. The van der Waals surface area contributed by atoms with Gasteiger partial charge in [-0.15, -0.1) is 0 Å². The third-order valence-electron chi connectivity index (χ3n) is 5.18. The zero-order valence-corrected chi connectivity index (χ0v) is 21.3. The number of ether oxygens (including phenoxy) is 4. The number of rotatable bonds is 11. The van der Waals surface area contributed by atoms with Crippen LogP contribution in [0.4, 0.5) is 0 Å². The van der Waals surface area contributed by atoms with Gasteiger partial charge in [0.2, 0.25) is 10.9 Å². The summed E-state index contributed by atoms with van der Waals surface area (Å²) in [6.07, 6.45) is 8.00. The lowest BCUT2D eigenvalue weighted by Crippen LogP contribution is -2.08.